The van der Waals surface area contributed by atoms with E-state index >= 15 is 0 Å². The molecule has 0 aromatic carbocycles. The van der Waals surface area contributed by atoms with Gasteiger partial charge < -0.3 is 4.57 Å². The molecule has 0 aliphatic rings. The van der Waals surface area contributed by atoms with Gasteiger partial charge in [0.15, 0.2) is 0 Å². The number of aromatic nitrogens is 2. The Hall–Kier alpha value is -1.30. The number of hydrogen-bond donors (Lipinski definition) is 0. The lowest BCUT2D eigenvalue weighted by Crippen LogP contribution is -2.02. The topological polar surface area (TPSA) is 41.6 Å². The van der Waals surface area contributed by atoms with Crippen molar-refractivity contribution in [1.29, 1.82) is 5.26 Å². The molecule has 0 aliphatic carbocycles. The van der Waals surface area contributed by atoms with E-state index in [1.807, 2.05) is 12.4 Å². The van der Waals surface area contributed by atoms with Crippen LogP contribution in [-0.2, 0) is 13.0 Å². The Morgan fingerprint density at radius 1 is 1.50 bits per heavy atom. The molecule has 0 bridgehead atoms. The first-order valence-electron chi connectivity index (χ1n) is 5.25. The summed E-state index contributed by atoms with van der Waals surface area (Å²) >= 11 is 0. The SMILES string of the molecule is CCCCCc1nccn1CCC#N. The molecule has 3 nitrogen and oxygen atoms in total. The van der Waals surface area contributed by atoms with Gasteiger partial charge in [-0.3, -0.25) is 0 Å². The fraction of sp³-hybridized carbons (Fsp3) is 0.636. The van der Waals surface area contributed by atoms with Crippen LogP contribution >= 0.6 is 0 Å². The van der Waals surface area contributed by atoms with Crippen LogP contribution in [0.4, 0.5) is 0 Å². The quantitative estimate of drug-likeness (QED) is 0.648. The van der Waals surface area contributed by atoms with Crippen LogP contribution in [0.25, 0.3) is 0 Å². The van der Waals surface area contributed by atoms with Crippen molar-refractivity contribution in [3.05, 3.63) is 18.2 Å². The molecule has 0 saturated carbocycles. The van der Waals surface area contributed by atoms with Gasteiger partial charge in [0.05, 0.1) is 12.5 Å². The minimum Gasteiger partial charge on any atom is -0.334 e. The second-order valence-electron chi connectivity index (χ2n) is 3.40. The number of unbranched alkanes of at least 4 members (excludes halogenated alkanes) is 2. The molecule has 0 unspecified atom stereocenters. The van der Waals surface area contributed by atoms with Crippen molar-refractivity contribution in [1.82, 2.24) is 9.55 Å². The van der Waals surface area contributed by atoms with Crippen molar-refractivity contribution in [2.75, 3.05) is 0 Å². The Balaban J connectivity index is 2.42. The van der Waals surface area contributed by atoms with E-state index < -0.39 is 0 Å². The zero-order valence-corrected chi connectivity index (χ0v) is 8.74. The molecule has 0 atom stereocenters. The van der Waals surface area contributed by atoms with Crippen LogP contribution in [0.5, 0.6) is 0 Å². The van der Waals surface area contributed by atoms with E-state index in [9.17, 15) is 0 Å². The third-order valence-corrected chi connectivity index (χ3v) is 2.27. The molecule has 0 amide bonds. The summed E-state index contributed by atoms with van der Waals surface area (Å²) in [5, 5.41) is 8.49. The van der Waals surface area contributed by atoms with Gasteiger partial charge in [-0.2, -0.15) is 5.26 Å². The fourth-order valence-corrected chi connectivity index (χ4v) is 1.48. The maximum absolute atomic E-state index is 8.49. The first kappa shape index (κ1) is 10.8. The van der Waals surface area contributed by atoms with Gasteiger partial charge in [0, 0.05) is 25.4 Å². The van der Waals surface area contributed by atoms with Crippen LogP contribution in [-0.4, -0.2) is 9.55 Å². The Morgan fingerprint density at radius 3 is 3.07 bits per heavy atom. The molecule has 0 fully saturated rings. The Bertz CT molecular complexity index is 296. The number of aryl methyl sites for hydroxylation is 2. The second kappa shape index (κ2) is 6.20. The molecule has 1 heterocycles. The largest absolute Gasteiger partial charge is 0.334 e. The van der Waals surface area contributed by atoms with E-state index in [0.29, 0.717) is 6.42 Å². The van der Waals surface area contributed by atoms with Crippen molar-refractivity contribution in [2.45, 2.75) is 45.6 Å². The van der Waals surface area contributed by atoms with Gasteiger partial charge in [-0.15, -0.1) is 0 Å². The summed E-state index contributed by atoms with van der Waals surface area (Å²) in [4.78, 5) is 4.29. The third kappa shape index (κ3) is 3.21. The zero-order valence-electron chi connectivity index (χ0n) is 8.74. The molecule has 14 heavy (non-hydrogen) atoms. The molecule has 1 rings (SSSR count). The fourth-order valence-electron chi connectivity index (χ4n) is 1.48. The summed E-state index contributed by atoms with van der Waals surface area (Å²) in [7, 11) is 0. The maximum Gasteiger partial charge on any atom is 0.108 e. The summed E-state index contributed by atoms with van der Waals surface area (Å²) in [6, 6.07) is 2.15. The lowest BCUT2D eigenvalue weighted by Gasteiger charge is -2.04. The van der Waals surface area contributed by atoms with Crippen LogP contribution in [0, 0.1) is 11.3 Å². The number of nitriles is 1. The van der Waals surface area contributed by atoms with Gasteiger partial charge in [0.1, 0.15) is 5.82 Å². The van der Waals surface area contributed by atoms with Crippen LogP contribution in [0.1, 0.15) is 38.4 Å². The average Bonchev–Trinajstić information content (AvgIpc) is 2.63. The molecule has 76 valence electrons. The Morgan fingerprint density at radius 2 is 2.36 bits per heavy atom. The van der Waals surface area contributed by atoms with Gasteiger partial charge in [0.2, 0.25) is 0 Å². The van der Waals surface area contributed by atoms with E-state index in [4.69, 9.17) is 5.26 Å². The van der Waals surface area contributed by atoms with E-state index in [2.05, 4.69) is 22.5 Å². The number of imidazole rings is 1. The molecule has 0 radical (unpaired) electrons. The highest BCUT2D eigenvalue weighted by Gasteiger charge is 2.01. The van der Waals surface area contributed by atoms with Crippen molar-refractivity contribution in [2.24, 2.45) is 0 Å². The molecule has 1 aromatic rings. The van der Waals surface area contributed by atoms with Crippen molar-refractivity contribution < 1.29 is 0 Å². The van der Waals surface area contributed by atoms with Crippen LogP contribution < -0.4 is 0 Å². The summed E-state index contributed by atoms with van der Waals surface area (Å²) in [6.45, 7) is 2.97. The standard InChI is InChI=1S/C11H17N3/c1-2-3-4-6-11-13-8-10-14(11)9-5-7-12/h8,10H,2-6,9H2,1H3. The third-order valence-electron chi connectivity index (χ3n) is 2.27. The minimum atomic E-state index is 0.567. The molecular weight excluding hydrogens is 174 g/mol. The van der Waals surface area contributed by atoms with Gasteiger partial charge in [-0.1, -0.05) is 19.8 Å². The van der Waals surface area contributed by atoms with Crippen molar-refractivity contribution >= 4 is 0 Å². The first-order valence-corrected chi connectivity index (χ1v) is 5.25. The van der Waals surface area contributed by atoms with Crippen LogP contribution in [0.2, 0.25) is 0 Å². The zero-order chi connectivity index (χ0) is 10.2. The molecule has 0 spiro atoms. The molecular formula is C11H17N3. The van der Waals surface area contributed by atoms with E-state index in [-0.39, 0.29) is 0 Å². The molecule has 1 aromatic heterocycles. The van der Waals surface area contributed by atoms with Crippen molar-refractivity contribution in [3.63, 3.8) is 0 Å². The summed E-state index contributed by atoms with van der Waals surface area (Å²) in [5.41, 5.74) is 0. The number of hydrogen-bond acceptors (Lipinski definition) is 2. The minimum absolute atomic E-state index is 0.567. The van der Waals surface area contributed by atoms with E-state index in [0.717, 1.165) is 18.8 Å². The Kier molecular flexibility index (Phi) is 4.77. The number of rotatable bonds is 6. The summed E-state index contributed by atoms with van der Waals surface area (Å²) in [6.07, 6.45) is 9.06. The molecule has 0 N–H and O–H groups in total. The lowest BCUT2D eigenvalue weighted by molar-refractivity contribution is 0.625. The first-order chi connectivity index (χ1) is 6.88. The second-order valence-corrected chi connectivity index (χ2v) is 3.40. The van der Waals surface area contributed by atoms with E-state index in [1.54, 1.807) is 0 Å². The number of nitrogens with zero attached hydrogens (tertiary/aromatic N) is 3. The van der Waals surface area contributed by atoms with Gasteiger partial charge in [-0.05, 0) is 6.42 Å². The predicted molar refractivity (Wildman–Crippen MR) is 55.7 cm³/mol. The lowest BCUT2D eigenvalue weighted by atomic mass is 10.2. The van der Waals surface area contributed by atoms with Crippen molar-refractivity contribution in [3.8, 4) is 6.07 Å². The van der Waals surface area contributed by atoms with Crippen LogP contribution in [0.3, 0.4) is 0 Å². The monoisotopic (exact) mass is 191 g/mol. The maximum atomic E-state index is 8.49. The Labute approximate surface area is 85.4 Å². The van der Waals surface area contributed by atoms with Gasteiger partial charge >= 0.3 is 0 Å². The molecule has 3 heteroatoms. The van der Waals surface area contributed by atoms with Gasteiger partial charge in [0.25, 0.3) is 0 Å². The summed E-state index contributed by atoms with van der Waals surface area (Å²) in [5.74, 6) is 1.12. The summed E-state index contributed by atoms with van der Waals surface area (Å²) < 4.78 is 2.08. The molecule has 0 saturated heterocycles. The van der Waals surface area contributed by atoms with Gasteiger partial charge in [-0.25, -0.2) is 4.98 Å². The van der Waals surface area contributed by atoms with Crippen LogP contribution in [0.15, 0.2) is 12.4 Å². The smallest absolute Gasteiger partial charge is 0.108 e. The highest BCUT2D eigenvalue weighted by Crippen LogP contribution is 2.05. The highest BCUT2D eigenvalue weighted by atomic mass is 15.1. The average molecular weight is 191 g/mol. The predicted octanol–water partition coefficient (Wildman–Crippen LogP) is 2.53. The normalized spacial score (nSPS) is 10.0. The molecule has 0 aliphatic heterocycles. The van der Waals surface area contributed by atoms with E-state index in [1.165, 1.54) is 19.3 Å². The highest BCUT2D eigenvalue weighted by molar-refractivity contribution is 4.93.